The van der Waals surface area contributed by atoms with Crippen LogP contribution >= 0.6 is 0 Å². The molecule has 0 aliphatic carbocycles. The summed E-state index contributed by atoms with van der Waals surface area (Å²) < 4.78 is 33.7. The minimum atomic E-state index is -3.16. The van der Waals surface area contributed by atoms with Gasteiger partial charge in [-0.1, -0.05) is 0 Å². The Morgan fingerprint density at radius 3 is 2.69 bits per heavy atom. The summed E-state index contributed by atoms with van der Waals surface area (Å²) in [5.41, 5.74) is 11.8. The number of sulfonamides is 1. The van der Waals surface area contributed by atoms with Crippen LogP contribution in [0, 0.1) is 6.92 Å². The summed E-state index contributed by atoms with van der Waals surface area (Å²) in [5.74, 6) is 1.09. The van der Waals surface area contributed by atoms with Crippen molar-refractivity contribution in [2.45, 2.75) is 45.7 Å². The van der Waals surface area contributed by atoms with Crippen LogP contribution < -0.4 is 10.5 Å². The highest BCUT2D eigenvalue weighted by atomic mass is 32.2. The average Bonchev–Trinajstić information content (AvgIpc) is 3.33. The van der Waals surface area contributed by atoms with E-state index in [1.165, 1.54) is 16.7 Å². The molecule has 192 valence electrons. The Hall–Kier alpha value is -3.02. The smallest absolute Gasteiger partial charge is 0.263 e. The number of aryl methyl sites for hydroxylation is 1. The van der Waals surface area contributed by atoms with E-state index in [9.17, 15) is 8.42 Å². The Kier molecular flexibility index (Phi) is 6.71. The number of rotatable bonds is 6. The fourth-order valence-corrected chi connectivity index (χ4v) is 6.19. The molecule has 0 saturated carbocycles. The van der Waals surface area contributed by atoms with Crippen molar-refractivity contribution in [1.82, 2.24) is 29.0 Å². The summed E-state index contributed by atoms with van der Waals surface area (Å²) in [6, 6.07) is 4.44. The summed E-state index contributed by atoms with van der Waals surface area (Å²) >= 11 is 0. The predicted octanol–water partition coefficient (Wildman–Crippen LogP) is 3.00. The lowest BCUT2D eigenvalue weighted by Gasteiger charge is -2.30. The Bertz CT molecular complexity index is 1360. The summed E-state index contributed by atoms with van der Waals surface area (Å²) in [7, 11) is -1.02. The van der Waals surface area contributed by atoms with Crippen LogP contribution in [0.15, 0.2) is 30.7 Å². The van der Waals surface area contributed by atoms with E-state index in [2.05, 4.69) is 46.1 Å². The SMILES string of the molecule is CCS(=O)(=O)N1CCC(n2cc(Oc3nc(-c4cc(C)c5c(c4)CN(C)CC5)cnc3N)cn2)CC1. The van der Waals surface area contributed by atoms with Gasteiger partial charge in [-0.3, -0.25) is 4.68 Å². The van der Waals surface area contributed by atoms with Crippen LogP contribution in [-0.2, 0) is 23.0 Å². The van der Waals surface area contributed by atoms with E-state index in [-0.39, 0.29) is 23.5 Å². The molecule has 2 aliphatic heterocycles. The number of fused-ring (bicyclic) bond motifs is 1. The number of ether oxygens (including phenoxy) is 1. The molecule has 0 bridgehead atoms. The summed E-state index contributed by atoms with van der Waals surface area (Å²) in [4.78, 5) is 11.3. The monoisotopic (exact) mass is 511 g/mol. The molecule has 0 amide bonds. The molecular formula is C25H33N7O3S. The predicted molar refractivity (Wildman–Crippen MR) is 138 cm³/mol. The molecule has 4 heterocycles. The number of piperidine rings is 1. The first kappa shape index (κ1) is 24.7. The van der Waals surface area contributed by atoms with Crippen molar-refractivity contribution < 1.29 is 13.2 Å². The minimum absolute atomic E-state index is 0.108. The van der Waals surface area contributed by atoms with E-state index in [4.69, 9.17) is 10.5 Å². The highest BCUT2D eigenvalue weighted by Crippen LogP contribution is 2.32. The number of hydrogen-bond donors (Lipinski definition) is 1. The second-order valence-electron chi connectivity index (χ2n) is 9.65. The number of aromatic nitrogens is 4. The number of nitrogens with two attached hydrogens (primary N) is 1. The lowest BCUT2D eigenvalue weighted by atomic mass is 9.92. The molecule has 1 saturated heterocycles. The molecule has 36 heavy (non-hydrogen) atoms. The van der Waals surface area contributed by atoms with E-state index < -0.39 is 10.0 Å². The van der Waals surface area contributed by atoms with Crippen LogP contribution in [0.4, 0.5) is 5.82 Å². The second-order valence-corrected chi connectivity index (χ2v) is 11.9. The van der Waals surface area contributed by atoms with Gasteiger partial charge in [-0.15, -0.1) is 0 Å². The van der Waals surface area contributed by atoms with Crippen LogP contribution in [0.5, 0.6) is 11.6 Å². The van der Waals surface area contributed by atoms with Gasteiger partial charge < -0.3 is 15.4 Å². The molecule has 0 atom stereocenters. The number of benzene rings is 1. The maximum Gasteiger partial charge on any atom is 0.263 e. The van der Waals surface area contributed by atoms with Gasteiger partial charge in [0.2, 0.25) is 10.0 Å². The Balaban J connectivity index is 1.32. The third kappa shape index (κ3) is 4.95. The molecule has 2 N–H and O–H groups in total. The molecule has 1 aromatic carbocycles. The quantitative estimate of drug-likeness (QED) is 0.536. The first-order valence-electron chi connectivity index (χ1n) is 12.4. The molecule has 2 aromatic heterocycles. The maximum absolute atomic E-state index is 12.1. The topological polar surface area (TPSA) is 119 Å². The van der Waals surface area contributed by atoms with Gasteiger partial charge in [0, 0.05) is 31.7 Å². The first-order valence-corrected chi connectivity index (χ1v) is 14.0. The van der Waals surface area contributed by atoms with Gasteiger partial charge in [0.1, 0.15) is 0 Å². The van der Waals surface area contributed by atoms with Crippen LogP contribution in [0.3, 0.4) is 0 Å². The standard InChI is InChI=1S/C25H33N7O3S/c1-4-36(33,34)31-9-5-20(6-10-31)32-16-21(13-28-32)35-25-24(26)27-14-23(29-25)18-11-17(2)22-7-8-30(3)15-19(22)12-18/h11-14,16,20H,4-10,15H2,1-3H3,(H2,26,27). The fourth-order valence-electron chi connectivity index (χ4n) is 5.06. The Morgan fingerprint density at radius 2 is 1.94 bits per heavy atom. The summed E-state index contributed by atoms with van der Waals surface area (Å²) in [5, 5.41) is 4.45. The molecule has 10 nitrogen and oxygen atoms in total. The van der Waals surface area contributed by atoms with Crippen molar-refractivity contribution in [2.24, 2.45) is 0 Å². The van der Waals surface area contributed by atoms with Gasteiger partial charge >= 0.3 is 0 Å². The zero-order valence-corrected chi connectivity index (χ0v) is 21.8. The summed E-state index contributed by atoms with van der Waals surface area (Å²) in [6.07, 6.45) is 7.56. The van der Waals surface area contributed by atoms with Crippen molar-refractivity contribution in [3.8, 4) is 22.9 Å². The molecule has 0 radical (unpaired) electrons. The average molecular weight is 512 g/mol. The van der Waals surface area contributed by atoms with Crippen molar-refractivity contribution >= 4 is 15.8 Å². The molecule has 0 spiro atoms. The fraction of sp³-hybridized carbons (Fsp3) is 0.480. The van der Waals surface area contributed by atoms with Crippen LogP contribution in [0.1, 0.15) is 42.5 Å². The van der Waals surface area contributed by atoms with Gasteiger partial charge in [0.05, 0.1) is 36.1 Å². The lowest BCUT2D eigenvalue weighted by Crippen LogP contribution is -2.39. The van der Waals surface area contributed by atoms with Crippen molar-refractivity contribution in [3.05, 3.63) is 47.4 Å². The summed E-state index contributed by atoms with van der Waals surface area (Å²) in [6.45, 7) is 6.79. The van der Waals surface area contributed by atoms with E-state index in [0.717, 1.165) is 25.1 Å². The van der Waals surface area contributed by atoms with E-state index >= 15 is 0 Å². The van der Waals surface area contributed by atoms with Crippen molar-refractivity contribution in [3.63, 3.8) is 0 Å². The number of nitrogens with zero attached hydrogens (tertiary/aromatic N) is 6. The Morgan fingerprint density at radius 1 is 1.17 bits per heavy atom. The van der Waals surface area contributed by atoms with Crippen molar-refractivity contribution in [1.29, 1.82) is 0 Å². The highest BCUT2D eigenvalue weighted by molar-refractivity contribution is 7.89. The third-order valence-electron chi connectivity index (χ3n) is 7.16. The maximum atomic E-state index is 12.1. The number of hydrogen-bond acceptors (Lipinski definition) is 8. The molecule has 11 heteroatoms. The Labute approximate surface area is 212 Å². The van der Waals surface area contributed by atoms with Gasteiger partial charge in [-0.05, 0) is 69.0 Å². The van der Waals surface area contributed by atoms with Gasteiger partial charge in [0.15, 0.2) is 11.6 Å². The number of nitrogen functional groups attached to an aromatic ring is 1. The van der Waals surface area contributed by atoms with Crippen LogP contribution in [0.2, 0.25) is 0 Å². The van der Waals surface area contributed by atoms with E-state index in [1.807, 2.05) is 4.68 Å². The number of anilines is 1. The van der Waals surface area contributed by atoms with Crippen molar-refractivity contribution in [2.75, 3.05) is 38.2 Å². The van der Waals surface area contributed by atoms with Gasteiger partial charge in [-0.2, -0.15) is 5.10 Å². The van der Waals surface area contributed by atoms with E-state index in [0.29, 0.717) is 37.4 Å². The third-order valence-corrected chi connectivity index (χ3v) is 9.04. The molecule has 1 fully saturated rings. The van der Waals surface area contributed by atoms with Crippen LogP contribution in [0.25, 0.3) is 11.3 Å². The van der Waals surface area contributed by atoms with E-state index in [1.54, 1.807) is 29.8 Å². The zero-order valence-electron chi connectivity index (χ0n) is 21.0. The molecule has 2 aliphatic rings. The van der Waals surface area contributed by atoms with Gasteiger partial charge in [0.25, 0.3) is 5.88 Å². The lowest BCUT2D eigenvalue weighted by molar-refractivity contribution is 0.261. The van der Waals surface area contributed by atoms with Gasteiger partial charge in [-0.25, -0.2) is 22.7 Å². The first-order chi connectivity index (χ1) is 17.2. The molecular weight excluding hydrogens is 478 g/mol. The zero-order chi connectivity index (χ0) is 25.4. The number of likely N-dealkylation sites (N-methyl/N-ethyl adjacent to an activating group) is 1. The minimum Gasteiger partial charge on any atom is -0.433 e. The largest absolute Gasteiger partial charge is 0.433 e. The highest BCUT2D eigenvalue weighted by Gasteiger charge is 2.28. The van der Waals surface area contributed by atoms with Crippen LogP contribution in [-0.4, -0.2) is 69.8 Å². The molecule has 3 aromatic rings. The molecule has 5 rings (SSSR count). The normalized spacial score (nSPS) is 17.8. The second kappa shape index (κ2) is 9.79. The molecule has 0 unspecified atom stereocenters.